The van der Waals surface area contributed by atoms with Gasteiger partial charge in [-0.3, -0.25) is 4.79 Å². The molecule has 6 heteroatoms. The van der Waals surface area contributed by atoms with Gasteiger partial charge in [-0.25, -0.2) is 4.98 Å². The van der Waals surface area contributed by atoms with Crippen LogP contribution in [0.1, 0.15) is 10.4 Å². The molecule has 1 aromatic carbocycles. The molecule has 0 fully saturated rings. The maximum absolute atomic E-state index is 11.6. The number of hydrogen-bond donors (Lipinski definition) is 2. The number of benzene rings is 1. The molecular weight excluding hydrogens is 282 g/mol. The number of carbonyl (C=O) groups excluding carboxylic acids is 1. The van der Waals surface area contributed by atoms with Gasteiger partial charge in [-0.2, -0.15) is 0 Å². The Morgan fingerprint density at radius 1 is 1.42 bits per heavy atom. The van der Waals surface area contributed by atoms with Crippen molar-refractivity contribution in [3.05, 3.63) is 47.1 Å². The Labute approximate surface area is 120 Å². The van der Waals surface area contributed by atoms with Gasteiger partial charge in [-0.1, -0.05) is 23.4 Å². The summed E-state index contributed by atoms with van der Waals surface area (Å²) in [6.07, 6.45) is 1.66. The highest BCUT2D eigenvalue weighted by Crippen LogP contribution is 2.35. The van der Waals surface area contributed by atoms with Crippen molar-refractivity contribution in [3.63, 3.8) is 0 Å². The number of halogens is 1. The van der Waals surface area contributed by atoms with Crippen LogP contribution in [0, 0.1) is 0 Å². The summed E-state index contributed by atoms with van der Waals surface area (Å²) in [5.74, 6) is -0.158. The molecule has 1 heterocycles. The Morgan fingerprint density at radius 3 is 2.89 bits per heavy atom. The Kier molecular flexibility index (Phi) is 4.29. The zero-order valence-electron chi connectivity index (χ0n) is 10.2. The topological polar surface area (TPSA) is 68.0 Å². The second-order valence-corrected chi connectivity index (χ2v) is 5.16. The van der Waals surface area contributed by atoms with E-state index in [2.05, 4.69) is 10.3 Å². The number of nitrogen functional groups attached to an aromatic ring is 1. The highest BCUT2D eigenvalue weighted by molar-refractivity contribution is 7.99. The van der Waals surface area contributed by atoms with Crippen LogP contribution in [0.25, 0.3) is 0 Å². The van der Waals surface area contributed by atoms with E-state index >= 15 is 0 Å². The number of amides is 1. The quantitative estimate of drug-likeness (QED) is 0.854. The van der Waals surface area contributed by atoms with Gasteiger partial charge in [0.15, 0.2) is 0 Å². The van der Waals surface area contributed by atoms with E-state index in [-0.39, 0.29) is 5.91 Å². The smallest absolute Gasteiger partial charge is 0.251 e. The highest BCUT2D eigenvalue weighted by atomic mass is 35.5. The Bertz CT molecular complexity index is 619. The first kappa shape index (κ1) is 13.7. The zero-order chi connectivity index (χ0) is 13.8. The third kappa shape index (κ3) is 3.19. The van der Waals surface area contributed by atoms with Crippen LogP contribution < -0.4 is 11.1 Å². The second-order valence-electron chi connectivity index (χ2n) is 3.72. The predicted molar refractivity (Wildman–Crippen MR) is 77.6 cm³/mol. The van der Waals surface area contributed by atoms with Gasteiger partial charge >= 0.3 is 0 Å². The number of hydrogen-bond acceptors (Lipinski definition) is 4. The number of anilines is 1. The molecule has 0 aliphatic carbocycles. The fourth-order valence-electron chi connectivity index (χ4n) is 1.46. The predicted octanol–water partition coefficient (Wildman–Crippen LogP) is 2.83. The van der Waals surface area contributed by atoms with E-state index in [0.717, 1.165) is 4.90 Å². The first-order chi connectivity index (χ1) is 9.11. The van der Waals surface area contributed by atoms with Gasteiger partial charge in [-0.15, -0.1) is 0 Å². The van der Waals surface area contributed by atoms with Crippen molar-refractivity contribution in [2.24, 2.45) is 0 Å². The highest BCUT2D eigenvalue weighted by Gasteiger charge is 2.10. The number of nitrogens with one attached hydrogen (secondary N) is 1. The van der Waals surface area contributed by atoms with Crippen molar-refractivity contribution < 1.29 is 4.79 Å². The van der Waals surface area contributed by atoms with E-state index in [4.69, 9.17) is 17.3 Å². The Morgan fingerprint density at radius 2 is 2.21 bits per heavy atom. The average Bonchev–Trinajstić information content (AvgIpc) is 2.42. The molecular formula is C13H12ClN3OS. The van der Waals surface area contributed by atoms with Crippen LogP contribution in [0.2, 0.25) is 5.02 Å². The Hall–Kier alpha value is -1.72. The van der Waals surface area contributed by atoms with Crippen molar-refractivity contribution in [1.29, 1.82) is 0 Å². The lowest BCUT2D eigenvalue weighted by Gasteiger charge is -2.08. The minimum absolute atomic E-state index is 0.158. The summed E-state index contributed by atoms with van der Waals surface area (Å²) in [7, 11) is 1.58. The summed E-state index contributed by atoms with van der Waals surface area (Å²) >= 11 is 7.39. The number of nitrogens with zero attached hydrogens (tertiary/aromatic N) is 1. The van der Waals surface area contributed by atoms with Crippen LogP contribution >= 0.6 is 23.4 Å². The van der Waals surface area contributed by atoms with Crippen LogP contribution in [0.5, 0.6) is 0 Å². The molecule has 0 spiro atoms. The standard InChI is InChI=1S/C13H12ClN3OS/c1-16-12(18)8-4-5-10(15)11(7-8)19-13-9(14)3-2-6-17-13/h2-7H,15H2,1H3,(H,16,18). The molecule has 2 aromatic rings. The van der Waals surface area contributed by atoms with E-state index in [1.807, 2.05) is 0 Å². The average molecular weight is 294 g/mol. The van der Waals surface area contributed by atoms with Gasteiger partial charge < -0.3 is 11.1 Å². The number of aromatic nitrogens is 1. The van der Waals surface area contributed by atoms with Gasteiger partial charge in [0.1, 0.15) is 5.03 Å². The van der Waals surface area contributed by atoms with Crippen LogP contribution in [-0.4, -0.2) is 17.9 Å². The number of pyridine rings is 1. The lowest BCUT2D eigenvalue weighted by molar-refractivity contribution is 0.0963. The second kappa shape index (κ2) is 5.95. The number of carbonyl (C=O) groups is 1. The van der Waals surface area contributed by atoms with Gasteiger partial charge in [0.05, 0.1) is 5.02 Å². The maximum atomic E-state index is 11.6. The summed E-state index contributed by atoms with van der Waals surface area (Å²) in [4.78, 5) is 16.5. The summed E-state index contributed by atoms with van der Waals surface area (Å²) in [5.41, 5.74) is 7.04. The lowest BCUT2D eigenvalue weighted by Crippen LogP contribution is -2.17. The number of rotatable bonds is 3. The minimum Gasteiger partial charge on any atom is -0.398 e. The molecule has 1 amide bonds. The molecule has 1 aromatic heterocycles. The lowest BCUT2D eigenvalue weighted by atomic mass is 10.2. The van der Waals surface area contributed by atoms with Crippen molar-refractivity contribution in [1.82, 2.24) is 10.3 Å². The molecule has 19 heavy (non-hydrogen) atoms. The van der Waals surface area contributed by atoms with Crippen molar-refractivity contribution in [2.45, 2.75) is 9.92 Å². The largest absolute Gasteiger partial charge is 0.398 e. The summed E-state index contributed by atoms with van der Waals surface area (Å²) < 4.78 is 0. The fourth-order valence-corrected chi connectivity index (χ4v) is 2.56. The van der Waals surface area contributed by atoms with E-state index in [0.29, 0.717) is 21.3 Å². The molecule has 2 rings (SSSR count). The van der Waals surface area contributed by atoms with Crippen molar-refractivity contribution in [2.75, 3.05) is 12.8 Å². The van der Waals surface area contributed by atoms with E-state index in [1.54, 1.807) is 43.6 Å². The van der Waals surface area contributed by atoms with E-state index < -0.39 is 0 Å². The maximum Gasteiger partial charge on any atom is 0.251 e. The van der Waals surface area contributed by atoms with Crippen LogP contribution in [0.4, 0.5) is 5.69 Å². The monoisotopic (exact) mass is 293 g/mol. The number of nitrogens with two attached hydrogens (primary N) is 1. The molecule has 0 aliphatic heterocycles. The molecule has 0 aliphatic rings. The molecule has 0 bridgehead atoms. The van der Waals surface area contributed by atoms with Crippen LogP contribution in [0.3, 0.4) is 0 Å². The molecule has 0 radical (unpaired) electrons. The molecule has 0 unspecified atom stereocenters. The van der Waals surface area contributed by atoms with Gasteiger partial charge in [-0.05, 0) is 30.3 Å². The van der Waals surface area contributed by atoms with E-state index in [1.165, 1.54) is 11.8 Å². The van der Waals surface area contributed by atoms with Crippen LogP contribution in [-0.2, 0) is 0 Å². The van der Waals surface area contributed by atoms with Gasteiger partial charge in [0.2, 0.25) is 0 Å². The van der Waals surface area contributed by atoms with Gasteiger partial charge in [0.25, 0.3) is 5.91 Å². The zero-order valence-corrected chi connectivity index (χ0v) is 11.8. The summed E-state index contributed by atoms with van der Waals surface area (Å²) in [6.45, 7) is 0. The first-order valence-corrected chi connectivity index (χ1v) is 6.71. The normalized spacial score (nSPS) is 10.2. The minimum atomic E-state index is -0.158. The molecule has 0 atom stereocenters. The molecule has 0 saturated carbocycles. The molecule has 98 valence electrons. The fraction of sp³-hybridized carbons (Fsp3) is 0.0769. The van der Waals surface area contributed by atoms with E-state index in [9.17, 15) is 4.79 Å². The summed E-state index contributed by atoms with van der Waals surface area (Å²) in [5, 5.41) is 3.78. The SMILES string of the molecule is CNC(=O)c1ccc(N)c(Sc2ncccc2Cl)c1. The third-order valence-electron chi connectivity index (χ3n) is 2.43. The third-order valence-corrected chi connectivity index (χ3v) is 3.94. The van der Waals surface area contributed by atoms with Crippen molar-refractivity contribution in [3.8, 4) is 0 Å². The summed E-state index contributed by atoms with van der Waals surface area (Å²) in [6, 6.07) is 8.62. The van der Waals surface area contributed by atoms with Crippen LogP contribution in [0.15, 0.2) is 46.5 Å². The van der Waals surface area contributed by atoms with Gasteiger partial charge in [0, 0.05) is 29.4 Å². The molecule has 4 nitrogen and oxygen atoms in total. The Balaban J connectivity index is 2.34. The van der Waals surface area contributed by atoms with Crippen molar-refractivity contribution >= 4 is 35.0 Å². The molecule has 0 saturated heterocycles. The molecule has 3 N–H and O–H groups in total. The first-order valence-electron chi connectivity index (χ1n) is 5.52.